The number of hydrogen-bond acceptors (Lipinski definition) is 25. The Morgan fingerprint density at radius 2 is 1.40 bits per heavy atom. The van der Waals surface area contributed by atoms with Crippen LogP contribution in [0.5, 0.6) is 0 Å². The molecular weight excluding hydrogens is 1140 g/mol. The Balaban J connectivity index is 0.934. The smallest absolute Gasteiger partial charge is 0.485 e. The van der Waals surface area contributed by atoms with Crippen LogP contribution in [-0.4, -0.2) is 113 Å². The summed E-state index contributed by atoms with van der Waals surface area (Å²) in [7, 11) is -17.5. The van der Waals surface area contributed by atoms with Gasteiger partial charge in [-0.25, -0.2) is 32.9 Å². The van der Waals surface area contributed by atoms with E-state index in [9.17, 15) is 72.9 Å². The molecule has 36 heteroatoms. The zero-order valence-electron chi connectivity index (χ0n) is 43.9. The van der Waals surface area contributed by atoms with Crippen LogP contribution in [0.2, 0.25) is 0 Å². The Morgan fingerprint density at radius 1 is 0.790 bits per heavy atom. The zero-order valence-corrected chi connectivity index (χ0v) is 46.6. The van der Waals surface area contributed by atoms with Gasteiger partial charge in [0, 0.05) is 58.1 Å². The molecule has 1 aliphatic rings. The van der Waals surface area contributed by atoms with Crippen molar-refractivity contribution >= 4 is 75.7 Å². The number of nitrogens with zero attached hydrogens (tertiary/aromatic N) is 6. The minimum atomic E-state index is -5.88. The van der Waals surface area contributed by atoms with E-state index in [4.69, 9.17) is 19.1 Å². The molecule has 446 valence electrons. The number of alkyl carbamates (subject to hydrolysis) is 1. The number of anilines is 1. The van der Waals surface area contributed by atoms with Crippen molar-refractivity contribution in [3.8, 4) is 0 Å². The molecule has 81 heavy (non-hydrogen) atoms. The summed E-state index contributed by atoms with van der Waals surface area (Å²) >= 11 is 0. The molecule has 3 heterocycles. The molecule has 8 unspecified atom stereocenters. The van der Waals surface area contributed by atoms with Crippen molar-refractivity contribution in [2.75, 3.05) is 38.1 Å². The van der Waals surface area contributed by atoms with Crippen LogP contribution in [0.3, 0.4) is 0 Å². The number of amides is 3. The number of rotatable bonds is 34. The van der Waals surface area contributed by atoms with Gasteiger partial charge in [-0.05, 0) is 69.3 Å². The number of esters is 1. The van der Waals surface area contributed by atoms with Gasteiger partial charge in [0.25, 0.3) is 27.0 Å². The number of aromatic nitrogens is 4. The summed E-state index contributed by atoms with van der Waals surface area (Å²) in [5.74, 6) is -0.967. The maximum absolute atomic E-state index is 12.7. The maximum Gasteiger partial charge on any atom is 0.485 e. The van der Waals surface area contributed by atoms with E-state index in [1.165, 1.54) is 55.3 Å². The molecular formula is C45H62N11O22P3-2. The first-order valence-electron chi connectivity index (χ1n) is 25.1. The third-order valence-electron chi connectivity index (χ3n) is 11.9. The van der Waals surface area contributed by atoms with E-state index in [-0.39, 0.29) is 78.2 Å². The van der Waals surface area contributed by atoms with Crippen molar-refractivity contribution in [2.24, 2.45) is 0 Å². The highest BCUT2D eigenvalue weighted by Gasteiger charge is 2.39. The number of unbranched alkanes of at least 4 members (excludes halogenated alkanes) is 5. The quantitative estimate of drug-likeness (QED) is 0.0109. The fraction of sp³-hybridized carbons (Fsp3) is 0.533. The van der Waals surface area contributed by atoms with Crippen LogP contribution in [0.25, 0.3) is 11.2 Å². The van der Waals surface area contributed by atoms with Crippen LogP contribution in [-0.2, 0) is 68.5 Å². The molecule has 0 saturated carbocycles. The molecule has 8 atom stereocenters. The fourth-order valence-corrected chi connectivity index (χ4v) is 11.1. The number of phosphoric acid groups is 3. The Morgan fingerprint density at radius 3 is 2.02 bits per heavy atom. The number of nitro benzene ring substituents is 2. The summed E-state index contributed by atoms with van der Waals surface area (Å²) in [6.07, 6.45) is 0.923. The predicted molar refractivity (Wildman–Crippen MR) is 276 cm³/mol. The average Bonchev–Trinajstić information content (AvgIpc) is 4.07. The molecule has 4 aromatic rings. The molecule has 1 fully saturated rings. The molecule has 8 N–H and O–H groups in total. The summed E-state index contributed by atoms with van der Waals surface area (Å²) < 4.78 is 63.4. The lowest BCUT2D eigenvalue weighted by Crippen LogP contribution is -2.30. The topological polar surface area (TPSA) is 472 Å². The van der Waals surface area contributed by atoms with Crippen molar-refractivity contribution in [3.05, 3.63) is 91.5 Å². The number of nitro groups is 2. The van der Waals surface area contributed by atoms with Gasteiger partial charge in [-0.3, -0.25) is 48.3 Å². The number of carbonyl (C=O) groups excluding carboxylic acids is 4. The summed E-state index contributed by atoms with van der Waals surface area (Å²) in [6.45, 7) is 4.85. The molecule has 0 bridgehead atoms. The minimum absolute atomic E-state index is 0.0844. The van der Waals surface area contributed by atoms with Gasteiger partial charge in [-0.15, -0.1) is 0 Å². The standard InChI is InChI=1S/C45H64N11O22P3/c1-28(74-30(3)57)33-19-31(12-14-35(33)55(62)63)22-46-16-8-6-7-11-39(59)49-23-32-13-15-36(56(64)65)34(20-32)29(2)75-45(61)48-18-10-5-4-9-17-47-40(60)24-50-43-42-44(52-26-51-43)54(27-53-42)41-21-37(58)38(76-41)25-73-80(69,70)78-81(71,72)77-79(66,67)68/h12-15,19-20,26-29,37-38,41,46,58H,4-11,16-18,21-25H2,1-3H3,(H,47,60)(H,48,61)(H,49,59)(H,69,70)(H,71,72)(H,50,51,52)(H2,66,67,68)/p-2. The minimum Gasteiger partial charge on any atom is -0.756 e. The summed E-state index contributed by atoms with van der Waals surface area (Å²) in [5, 5.41) is 48.2. The average molecular weight is 1200 g/mol. The van der Waals surface area contributed by atoms with Gasteiger partial charge in [0.05, 0.1) is 46.6 Å². The Kier molecular flexibility index (Phi) is 24.7. The van der Waals surface area contributed by atoms with Crippen molar-refractivity contribution < 1.29 is 94.8 Å². The van der Waals surface area contributed by atoms with Gasteiger partial charge in [-0.1, -0.05) is 31.4 Å². The highest BCUT2D eigenvalue weighted by molar-refractivity contribution is 7.65. The first-order chi connectivity index (χ1) is 38.2. The van der Waals surface area contributed by atoms with Crippen LogP contribution in [0.1, 0.15) is 119 Å². The van der Waals surface area contributed by atoms with Gasteiger partial charge < -0.3 is 70.0 Å². The summed E-state index contributed by atoms with van der Waals surface area (Å²) in [5.41, 5.74) is 1.78. The first kappa shape index (κ1) is 65.4. The number of carbonyl (C=O) groups is 4. The summed E-state index contributed by atoms with van der Waals surface area (Å²) in [4.78, 5) is 125. The lowest BCUT2D eigenvalue weighted by molar-refractivity contribution is -0.386. The van der Waals surface area contributed by atoms with E-state index in [1.807, 2.05) is 0 Å². The Labute approximate surface area is 462 Å². The third kappa shape index (κ3) is 21.8. The van der Waals surface area contributed by atoms with Gasteiger partial charge in [0.2, 0.25) is 11.8 Å². The second-order valence-electron chi connectivity index (χ2n) is 18.2. The van der Waals surface area contributed by atoms with E-state index < -0.39 is 82.6 Å². The van der Waals surface area contributed by atoms with Crippen molar-refractivity contribution in [1.29, 1.82) is 0 Å². The maximum atomic E-state index is 12.7. The van der Waals surface area contributed by atoms with E-state index in [0.29, 0.717) is 62.9 Å². The number of phosphoric ester groups is 1. The number of ether oxygens (including phenoxy) is 3. The van der Waals surface area contributed by atoms with E-state index in [0.717, 1.165) is 18.4 Å². The SMILES string of the molecule is CC(=O)OC(C)c1cc(CNCCCCCC(=O)NCc2ccc([N+](=O)[O-])c(C(C)OC(=O)NCCCCCCNC(=O)CNc3ncnc4c3ncn4C3CC(O)C(COP(=O)([O-])OP(=O)(O)OP(=O)([O-])O)O3)c2)ccc1[N+](=O)[O-]. The van der Waals surface area contributed by atoms with Crippen molar-refractivity contribution in [3.63, 3.8) is 0 Å². The third-order valence-corrected chi connectivity index (χ3v) is 15.7. The van der Waals surface area contributed by atoms with Gasteiger partial charge >= 0.3 is 19.9 Å². The molecule has 3 amide bonds. The first-order valence-corrected chi connectivity index (χ1v) is 29.6. The fourth-order valence-electron chi connectivity index (χ4n) is 8.16. The van der Waals surface area contributed by atoms with Gasteiger partial charge in [0.1, 0.15) is 30.9 Å². The molecule has 1 saturated heterocycles. The molecule has 33 nitrogen and oxygen atoms in total. The molecule has 0 aliphatic carbocycles. The van der Waals surface area contributed by atoms with Crippen LogP contribution in [0.15, 0.2) is 49.1 Å². The molecule has 5 rings (SSSR count). The van der Waals surface area contributed by atoms with E-state index in [2.05, 4.69) is 54.7 Å². The van der Waals surface area contributed by atoms with Crippen LogP contribution in [0, 0.1) is 20.2 Å². The number of fused-ring (bicyclic) bond motifs is 1. The highest BCUT2D eigenvalue weighted by atomic mass is 31.3. The van der Waals surface area contributed by atoms with E-state index in [1.54, 1.807) is 19.1 Å². The number of imidazole rings is 1. The predicted octanol–water partition coefficient (Wildman–Crippen LogP) is 3.54. The zero-order chi connectivity index (χ0) is 59.5. The lowest BCUT2D eigenvalue weighted by atomic mass is 10.0. The Hall–Kier alpha value is -6.44. The second kappa shape index (κ2) is 30.6. The molecule has 0 radical (unpaired) electrons. The van der Waals surface area contributed by atoms with Crippen LogP contribution < -0.4 is 36.4 Å². The monoisotopic (exact) mass is 1200 g/mol. The summed E-state index contributed by atoms with van der Waals surface area (Å²) in [6, 6.07) is 8.96. The lowest BCUT2D eigenvalue weighted by Gasteiger charge is -2.27. The van der Waals surface area contributed by atoms with Crippen LogP contribution >= 0.6 is 23.5 Å². The number of aliphatic hydroxyl groups excluding tert-OH is 1. The molecule has 2 aromatic carbocycles. The Bertz CT molecular complexity index is 3000. The van der Waals surface area contributed by atoms with Crippen LogP contribution in [0.4, 0.5) is 22.0 Å². The highest BCUT2D eigenvalue weighted by Crippen LogP contribution is 2.64. The van der Waals surface area contributed by atoms with E-state index >= 15 is 0 Å². The second-order valence-corrected chi connectivity index (χ2v) is 22.6. The molecule has 1 aliphatic heterocycles. The largest absolute Gasteiger partial charge is 0.756 e. The van der Waals surface area contributed by atoms with Gasteiger partial charge in [-0.2, -0.15) is 0 Å². The van der Waals surface area contributed by atoms with Crippen molar-refractivity contribution in [2.45, 2.75) is 122 Å². The number of nitrogens with one attached hydrogen (secondary N) is 5. The normalized spacial score (nSPS) is 18.1. The van der Waals surface area contributed by atoms with Gasteiger partial charge in [0.15, 0.2) is 17.0 Å². The number of benzene rings is 2. The van der Waals surface area contributed by atoms with Crippen molar-refractivity contribution in [1.82, 2.24) is 40.8 Å². The number of aliphatic hydroxyl groups is 1. The molecule has 2 aromatic heterocycles. The molecule has 0 spiro atoms. The number of hydrogen-bond donors (Lipinski definition) is 8.